The summed E-state index contributed by atoms with van der Waals surface area (Å²) in [6.45, 7) is 0. The maximum Gasteiger partial charge on any atom is 0.275 e. The molecule has 0 fully saturated rings. The number of aromatic amines is 2. The lowest BCUT2D eigenvalue weighted by molar-refractivity contribution is 0.770. The van der Waals surface area contributed by atoms with Crippen LogP contribution < -0.4 is 11.0 Å². The molecular weight excluding hydrogens is 267 g/mol. The number of aromatic nitrogens is 6. The molecule has 0 spiro atoms. The van der Waals surface area contributed by atoms with Crippen molar-refractivity contribution in [2.24, 2.45) is 7.05 Å². The minimum Gasteiger partial charge on any atom is -0.333 e. The first-order chi connectivity index (χ1) is 10.1. The van der Waals surface area contributed by atoms with E-state index in [9.17, 15) is 4.79 Å². The van der Waals surface area contributed by atoms with Gasteiger partial charge in [0.15, 0.2) is 5.82 Å². The zero-order valence-corrected chi connectivity index (χ0v) is 11.1. The third-order valence-electron chi connectivity index (χ3n) is 3.39. The third kappa shape index (κ3) is 1.69. The van der Waals surface area contributed by atoms with Crippen molar-refractivity contribution in [3.8, 4) is 11.5 Å². The molecule has 21 heavy (non-hydrogen) atoms. The number of nitrogens with one attached hydrogen (secondary N) is 2. The van der Waals surface area contributed by atoms with Crippen LogP contribution in [-0.4, -0.2) is 37.6 Å². The van der Waals surface area contributed by atoms with Gasteiger partial charge in [-0.25, -0.2) is 9.97 Å². The lowest BCUT2D eigenvalue weighted by Gasteiger charge is -2.01. The maximum absolute atomic E-state index is 12.2. The lowest BCUT2D eigenvalue weighted by Crippen LogP contribution is -2.10. The fourth-order valence-corrected chi connectivity index (χ4v) is 2.39. The predicted octanol–water partition coefficient (Wildman–Crippen LogP) is -0.00630. The van der Waals surface area contributed by atoms with E-state index in [1.165, 1.54) is 6.20 Å². The molecule has 0 aliphatic rings. The molecule has 100 valence electrons. The maximum atomic E-state index is 12.2. The van der Waals surface area contributed by atoms with Gasteiger partial charge >= 0.3 is 0 Å². The molecule has 2 N–H and O–H groups in total. The molecule has 2 radical (unpaired) electrons. The van der Waals surface area contributed by atoms with Crippen molar-refractivity contribution in [3.05, 3.63) is 34.9 Å². The molecule has 0 aliphatic carbocycles. The van der Waals surface area contributed by atoms with Crippen LogP contribution in [0, 0.1) is 0 Å². The first-order valence-corrected chi connectivity index (χ1v) is 6.29. The molecule has 4 aromatic rings. The highest BCUT2D eigenvalue weighted by atomic mass is 16.1. The Morgan fingerprint density at radius 1 is 1.33 bits per heavy atom. The van der Waals surface area contributed by atoms with Gasteiger partial charge in [0.2, 0.25) is 0 Å². The summed E-state index contributed by atoms with van der Waals surface area (Å²) in [5, 5.41) is 4.80. The molecule has 0 amide bonds. The third-order valence-corrected chi connectivity index (χ3v) is 3.39. The van der Waals surface area contributed by atoms with E-state index in [1.54, 1.807) is 30.1 Å². The summed E-state index contributed by atoms with van der Waals surface area (Å²) < 4.78 is 1.64. The number of pyridine rings is 1. The number of nitrogens with zero attached hydrogens (tertiary/aromatic N) is 4. The van der Waals surface area contributed by atoms with Gasteiger partial charge < -0.3 is 9.97 Å². The van der Waals surface area contributed by atoms with E-state index in [2.05, 4.69) is 25.0 Å². The standard InChI is InChI=1S/C13H9BN6O/c1-20-8(2-3-16-20)12-17-9-7-4-6(14)5-15-11(7)18-10(9)13(21)19-12/h2-5H,1H3,(H,15,18)(H,17,19,21). The summed E-state index contributed by atoms with van der Waals surface area (Å²) in [5.41, 5.74) is 2.50. The van der Waals surface area contributed by atoms with Crippen LogP contribution >= 0.6 is 0 Å². The zero-order chi connectivity index (χ0) is 14.6. The number of hydrogen-bond acceptors (Lipinski definition) is 4. The van der Waals surface area contributed by atoms with Crippen LogP contribution in [0.4, 0.5) is 0 Å². The van der Waals surface area contributed by atoms with Gasteiger partial charge in [-0.2, -0.15) is 5.10 Å². The van der Waals surface area contributed by atoms with E-state index < -0.39 is 0 Å². The Labute approximate surface area is 119 Å². The smallest absolute Gasteiger partial charge is 0.275 e. The first-order valence-electron chi connectivity index (χ1n) is 6.29. The Kier molecular flexibility index (Phi) is 2.29. The van der Waals surface area contributed by atoms with E-state index in [0.29, 0.717) is 28.0 Å². The largest absolute Gasteiger partial charge is 0.333 e. The summed E-state index contributed by atoms with van der Waals surface area (Å²) in [6.07, 6.45) is 3.18. The van der Waals surface area contributed by atoms with Crippen molar-refractivity contribution in [2.75, 3.05) is 0 Å². The van der Waals surface area contributed by atoms with Crippen molar-refractivity contribution in [1.29, 1.82) is 0 Å². The Hall–Kier alpha value is -2.90. The summed E-state index contributed by atoms with van der Waals surface area (Å²) in [4.78, 5) is 26.7. The minimum atomic E-state index is -0.257. The second kappa shape index (κ2) is 4.05. The molecule has 4 aromatic heterocycles. The normalized spacial score (nSPS) is 11.5. The van der Waals surface area contributed by atoms with Crippen LogP contribution in [0.5, 0.6) is 0 Å². The van der Waals surface area contributed by atoms with Gasteiger partial charge in [0.25, 0.3) is 5.56 Å². The molecule has 0 saturated heterocycles. The fraction of sp³-hybridized carbons (Fsp3) is 0.0769. The van der Waals surface area contributed by atoms with Gasteiger partial charge in [0, 0.05) is 24.8 Å². The average Bonchev–Trinajstić information content (AvgIpc) is 3.03. The SMILES string of the molecule is [B]c1cnc2[nH]c3c(=O)[nH]c(-c4ccnn4C)nc3c2c1. The highest BCUT2D eigenvalue weighted by Crippen LogP contribution is 2.21. The Morgan fingerprint density at radius 2 is 2.19 bits per heavy atom. The molecule has 0 aromatic carbocycles. The number of aryl methyl sites for hydroxylation is 1. The molecule has 0 saturated carbocycles. The van der Waals surface area contributed by atoms with Crippen molar-refractivity contribution in [1.82, 2.24) is 29.7 Å². The summed E-state index contributed by atoms with van der Waals surface area (Å²) in [6, 6.07) is 3.53. The van der Waals surface area contributed by atoms with Gasteiger partial charge in [0.05, 0.1) is 0 Å². The van der Waals surface area contributed by atoms with Crippen molar-refractivity contribution in [2.45, 2.75) is 0 Å². The molecule has 4 rings (SSSR count). The van der Waals surface area contributed by atoms with Crippen molar-refractivity contribution < 1.29 is 0 Å². The lowest BCUT2D eigenvalue weighted by atomic mass is 9.98. The van der Waals surface area contributed by atoms with E-state index in [-0.39, 0.29) is 5.56 Å². The quantitative estimate of drug-likeness (QED) is 0.478. The zero-order valence-electron chi connectivity index (χ0n) is 11.1. The molecule has 7 nitrogen and oxygen atoms in total. The second-order valence-electron chi connectivity index (χ2n) is 4.77. The van der Waals surface area contributed by atoms with E-state index in [0.717, 1.165) is 11.1 Å². The van der Waals surface area contributed by atoms with E-state index in [1.807, 2.05) is 0 Å². The second-order valence-corrected chi connectivity index (χ2v) is 4.77. The molecule has 0 aliphatic heterocycles. The summed E-state index contributed by atoms with van der Waals surface area (Å²) in [7, 11) is 7.55. The Balaban J connectivity index is 2.13. The molecule has 8 heteroatoms. The Morgan fingerprint density at radius 3 is 2.95 bits per heavy atom. The highest BCUT2D eigenvalue weighted by molar-refractivity contribution is 6.33. The molecule has 4 heterocycles. The van der Waals surface area contributed by atoms with Crippen molar-refractivity contribution >= 4 is 35.4 Å². The van der Waals surface area contributed by atoms with Gasteiger partial charge in [-0.1, -0.05) is 11.5 Å². The highest BCUT2D eigenvalue weighted by Gasteiger charge is 2.14. The summed E-state index contributed by atoms with van der Waals surface area (Å²) >= 11 is 0. The monoisotopic (exact) mass is 276 g/mol. The topological polar surface area (TPSA) is 92.3 Å². The van der Waals surface area contributed by atoms with E-state index in [4.69, 9.17) is 7.85 Å². The van der Waals surface area contributed by atoms with Gasteiger partial charge in [-0.05, 0) is 6.07 Å². The van der Waals surface area contributed by atoms with Crippen LogP contribution in [0.2, 0.25) is 0 Å². The van der Waals surface area contributed by atoms with Crippen LogP contribution in [0.25, 0.3) is 33.6 Å². The molecule has 0 bridgehead atoms. The molecule has 0 atom stereocenters. The first kappa shape index (κ1) is 11.9. The Bertz CT molecular complexity index is 1040. The van der Waals surface area contributed by atoms with Crippen molar-refractivity contribution in [3.63, 3.8) is 0 Å². The number of hydrogen-bond donors (Lipinski definition) is 2. The van der Waals surface area contributed by atoms with Gasteiger partial charge in [-0.15, -0.1) is 0 Å². The molecule has 0 unspecified atom stereocenters. The van der Waals surface area contributed by atoms with Crippen LogP contribution in [0.3, 0.4) is 0 Å². The number of H-pyrrole nitrogens is 2. The predicted molar refractivity (Wildman–Crippen MR) is 79.6 cm³/mol. The van der Waals surface area contributed by atoms with Gasteiger partial charge in [-0.3, -0.25) is 9.48 Å². The van der Waals surface area contributed by atoms with E-state index >= 15 is 0 Å². The fourth-order valence-electron chi connectivity index (χ4n) is 2.39. The van der Waals surface area contributed by atoms with Crippen LogP contribution in [0.1, 0.15) is 0 Å². The van der Waals surface area contributed by atoms with Crippen LogP contribution in [-0.2, 0) is 7.05 Å². The summed E-state index contributed by atoms with van der Waals surface area (Å²) in [5.74, 6) is 0.454. The average molecular weight is 276 g/mol. The number of rotatable bonds is 1. The van der Waals surface area contributed by atoms with Gasteiger partial charge in [0.1, 0.15) is 30.2 Å². The molecular formula is C13H9BN6O. The van der Waals surface area contributed by atoms with Crippen LogP contribution in [0.15, 0.2) is 29.3 Å². The number of fused-ring (bicyclic) bond motifs is 3. The minimum absolute atomic E-state index is 0.257.